The van der Waals surface area contributed by atoms with E-state index < -0.39 is 5.97 Å². The van der Waals surface area contributed by atoms with E-state index in [-0.39, 0.29) is 18.5 Å². The molecule has 2 N–H and O–H groups in total. The summed E-state index contributed by atoms with van der Waals surface area (Å²) in [5.74, 6) is -0.870. The van der Waals surface area contributed by atoms with Gasteiger partial charge in [-0.3, -0.25) is 4.79 Å². The van der Waals surface area contributed by atoms with Gasteiger partial charge in [0.1, 0.15) is 0 Å². The molecule has 0 aliphatic carbocycles. The SMILES string of the molecule is CCCC(CC(=O)O)NC(=O)N1CCN(C)C(C)C1. The van der Waals surface area contributed by atoms with E-state index in [2.05, 4.69) is 17.1 Å². The molecule has 0 spiro atoms. The lowest BCUT2D eigenvalue weighted by atomic mass is 10.1. The third-order valence-corrected chi connectivity index (χ3v) is 3.63. The quantitative estimate of drug-likeness (QED) is 0.781. The number of rotatable bonds is 5. The smallest absolute Gasteiger partial charge is 0.317 e. The molecule has 0 saturated carbocycles. The number of urea groups is 1. The van der Waals surface area contributed by atoms with Crippen LogP contribution in [0.3, 0.4) is 0 Å². The molecule has 0 aromatic heterocycles. The molecule has 6 heteroatoms. The van der Waals surface area contributed by atoms with Crippen LogP contribution in [0.2, 0.25) is 0 Å². The number of aliphatic carboxylic acids is 1. The lowest BCUT2D eigenvalue weighted by Crippen LogP contribution is -2.56. The molecule has 6 nitrogen and oxygen atoms in total. The van der Waals surface area contributed by atoms with E-state index in [9.17, 15) is 9.59 Å². The second-order valence-corrected chi connectivity index (χ2v) is 5.31. The Balaban J connectivity index is 2.49. The molecular formula is C13H25N3O3. The molecular weight excluding hydrogens is 246 g/mol. The third kappa shape index (κ3) is 5.06. The van der Waals surface area contributed by atoms with Crippen LogP contribution in [-0.2, 0) is 4.79 Å². The maximum atomic E-state index is 12.1. The largest absolute Gasteiger partial charge is 0.481 e. The van der Waals surface area contributed by atoms with Crippen molar-refractivity contribution in [3.05, 3.63) is 0 Å². The Morgan fingerprint density at radius 2 is 2.11 bits per heavy atom. The number of carbonyl (C=O) groups excluding carboxylic acids is 1. The Labute approximate surface area is 114 Å². The van der Waals surface area contributed by atoms with Crippen LogP contribution in [0.1, 0.15) is 33.1 Å². The Morgan fingerprint density at radius 3 is 2.63 bits per heavy atom. The number of carbonyl (C=O) groups is 2. The molecule has 1 fully saturated rings. The van der Waals surface area contributed by atoms with Crippen molar-refractivity contribution in [2.75, 3.05) is 26.7 Å². The summed E-state index contributed by atoms with van der Waals surface area (Å²) in [7, 11) is 2.05. The minimum Gasteiger partial charge on any atom is -0.481 e. The molecule has 110 valence electrons. The van der Waals surface area contributed by atoms with Gasteiger partial charge >= 0.3 is 12.0 Å². The first-order valence-corrected chi connectivity index (χ1v) is 6.91. The third-order valence-electron chi connectivity index (χ3n) is 3.63. The summed E-state index contributed by atoms with van der Waals surface area (Å²) in [6.07, 6.45) is 1.54. The van der Waals surface area contributed by atoms with Gasteiger partial charge in [-0.2, -0.15) is 0 Å². The summed E-state index contributed by atoms with van der Waals surface area (Å²) >= 11 is 0. The van der Waals surface area contributed by atoms with Gasteiger partial charge in [-0.15, -0.1) is 0 Å². The summed E-state index contributed by atoms with van der Waals surface area (Å²) < 4.78 is 0. The summed E-state index contributed by atoms with van der Waals surface area (Å²) in [6.45, 7) is 6.30. The fourth-order valence-electron chi connectivity index (χ4n) is 2.28. The number of amides is 2. The highest BCUT2D eigenvalue weighted by molar-refractivity contribution is 5.76. The number of hydrogen-bond donors (Lipinski definition) is 2. The fourth-order valence-corrected chi connectivity index (χ4v) is 2.28. The van der Waals surface area contributed by atoms with Crippen molar-refractivity contribution in [1.82, 2.24) is 15.1 Å². The maximum absolute atomic E-state index is 12.1. The second kappa shape index (κ2) is 7.33. The molecule has 1 heterocycles. The highest BCUT2D eigenvalue weighted by atomic mass is 16.4. The standard InChI is InChI=1S/C13H25N3O3/c1-4-5-11(8-12(17)18)14-13(19)16-7-6-15(3)10(2)9-16/h10-11H,4-9H2,1-3H3,(H,14,19)(H,17,18). The average Bonchev–Trinajstić information content (AvgIpc) is 2.32. The van der Waals surface area contributed by atoms with Crippen LogP contribution in [0.15, 0.2) is 0 Å². The number of nitrogens with one attached hydrogen (secondary N) is 1. The molecule has 1 aliphatic heterocycles. The van der Waals surface area contributed by atoms with Gasteiger partial charge < -0.3 is 20.2 Å². The van der Waals surface area contributed by atoms with E-state index in [0.29, 0.717) is 25.6 Å². The van der Waals surface area contributed by atoms with Crippen LogP contribution in [0.5, 0.6) is 0 Å². The molecule has 0 aromatic rings. The zero-order valence-corrected chi connectivity index (χ0v) is 12.1. The summed E-state index contributed by atoms with van der Waals surface area (Å²) in [5, 5.41) is 11.7. The minimum absolute atomic E-state index is 0.0110. The van der Waals surface area contributed by atoms with Gasteiger partial charge in [0.05, 0.1) is 6.42 Å². The van der Waals surface area contributed by atoms with E-state index >= 15 is 0 Å². The molecule has 1 aliphatic rings. The Hall–Kier alpha value is -1.30. The predicted octanol–water partition coefficient (Wildman–Crippen LogP) is 0.975. The first kappa shape index (κ1) is 15.8. The van der Waals surface area contributed by atoms with Gasteiger partial charge in [-0.25, -0.2) is 4.79 Å². The van der Waals surface area contributed by atoms with Gasteiger partial charge in [0.25, 0.3) is 0 Å². The Kier molecular flexibility index (Phi) is 6.08. The predicted molar refractivity (Wildman–Crippen MR) is 73.1 cm³/mol. The Bertz CT molecular complexity index is 322. The monoisotopic (exact) mass is 271 g/mol. The molecule has 2 atom stereocenters. The van der Waals surface area contributed by atoms with Crippen LogP contribution in [0, 0.1) is 0 Å². The average molecular weight is 271 g/mol. The summed E-state index contributed by atoms with van der Waals surface area (Å²) in [5.41, 5.74) is 0. The number of carboxylic acids is 1. The highest BCUT2D eigenvalue weighted by Gasteiger charge is 2.26. The minimum atomic E-state index is -0.870. The van der Waals surface area contributed by atoms with Crippen molar-refractivity contribution in [3.8, 4) is 0 Å². The molecule has 1 saturated heterocycles. The van der Waals surface area contributed by atoms with Gasteiger partial charge in [0.15, 0.2) is 0 Å². The molecule has 2 unspecified atom stereocenters. The fraction of sp³-hybridized carbons (Fsp3) is 0.846. The molecule has 0 aromatic carbocycles. The molecule has 2 amide bonds. The second-order valence-electron chi connectivity index (χ2n) is 5.31. The van der Waals surface area contributed by atoms with Crippen molar-refractivity contribution < 1.29 is 14.7 Å². The van der Waals surface area contributed by atoms with E-state index in [1.54, 1.807) is 4.90 Å². The van der Waals surface area contributed by atoms with E-state index in [0.717, 1.165) is 13.0 Å². The lowest BCUT2D eigenvalue weighted by molar-refractivity contribution is -0.137. The van der Waals surface area contributed by atoms with E-state index in [4.69, 9.17) is 5.11 Å². The Morgan fingerprint density at radius 1 is 1.42 bits per heavy atom. The van der Waals surface area contributed by atoms with Gasteiger partial charge in [0.2, 0.25) is 0 Å². The van der Waals surface area contributed by atoms with Crippen LogP contribution in [0.4, 0.5) is 4.79 Å². The van der Waals surface area contributed by atoms with Crippen molar-refractivity contribution in [2.24, 2.45) is 0 Å². The topological polar surface area (TPSA) is 72.9 Å². The van der Waals surface area contributed by atoms with Crippen LogP contribution in [0.25, 0.3) is 0 Å². The first-order valence-electron chi connectivity index (χ1n) is 6.91. The molecule has 0 bridgehead atoms. The van der Waals surface area contributed by atoms with E-state index in [1.807, 2.05) is 14.0 Å². The van der Waals surface area contributed by atoms with Crippen LogP contribution < -0.4 is 5.32 Å². The number of carboxylic acid groups (broad SMARTS) is 1. The number of hydrogen-bond acceptors (Lipinski definition) is 3. The number of piperazine rings is 1. The maximum Gasteiger partial charge on any atom is 0.317 e. The van der Waals surface area contributed by atoms with Crippen molar-refractivity contribution >= 4 is 12.0 Å². The van der Waals surface area contributed by atoms with Gasteiger partial charge in [-0.05, 0) is 20.4 Å². The number of likely N-dealkylation sites (N-methyl/N-ethyl adjacent to an activating group) is 1. The summed E-state index contributed by atoms with van der Waals surface area (Å²) in [6, 6.07) is -0.0757. The van der Waals surface area contributed by atoms with E-state index in [1.165, 1.54) is 0 Å². The van der Waals surface area contributed by atoms with Crippen LogP contribution in [-0.4, -0.2) is 65.7 Å². The van der Waals surface area contributed by atoms with Crippen molar-refractivity contribution in [1.29, 1.82) is 0 Å². The first-order chi connectivity index (χ1) is 8.93. The van der Waals surface area contributed by atoms with Crippen molar-refractivity contribution in [2.45, 2.75) is 45.2 Å². The highest BCUT2D eigenvalue weighted by Crippen LogP contribution is 2.09. The molecule has 1 rings (SSSR count). The van der Waals surface area contributed by atoms with Crippen LogP contribution >= 0.6 is 0 Å². The van der Waals surface area contributed by atoms with Gasteiger partial charge in [-0.1, -0.05) is 13.3 Å². The number of nitrogens with zero attached hydrogens (tertiary/aromatic N) is 2. The van der Waals surface area contributed by atoms with Gasteiger partial charge in [0, 0.05) is 31.7 Å². The zero-order chi connectivity index (χ0) is 14.4. The normalized spacial score (nSPS) is 22.1. The van der Waals surface area contributed by atoms with Crippen molar-refractivity contribution in [3.63, 3.8) is 0 Å². The summed E-state index contributed by atoms with van der Waals surface area (Å²) in [4.78, 5) is 26.9. The lowest BCUT2D eigenvalue weighted by Gasteiger charge is -2.38. The zero-order valence-electron chi connectivity index (χ0n) is 12.1. The molecule has 0 radical (unpaired) electrons. The molecule has 19 heavy (non-hydrogen) atoms.